The Hall–Kier alpha value is -4.63. The summed E-state index contributed by atoms with van der Waals surface area (Å²) in [6.07, 6.45) is -4.20. The summed E-state index contributed by atoms with van der Waals surface area (Å²) in [5, 5.41) is 3.13. The number of alkyl halides is 3. The van der Waals surface area contributed by atoms with E-state index >= 15 is 0 Å². The molecule has 3 heterocycles. The van der Waals surface area contributed by atoms with Gasteiger partial charge in [0.15, 0.2) is 18.1 Å². The predicted molar refractivity (Wildman–Crippen MR) is 181 cm³/mol. The van der Waals surface area contributed by atoms with Crippen LogP contribution in [0.1, 0.15) is 35.3 Å². The number of nitrogens with one attached hydrogen (secondary N) is 2. The Morgan fingerprint density at radius 2 is 1.69 bits per heavy atom. The summed E-state index contributed by atoms with van der Waals surface area (Å²) in [5.74, 6) is -4.26. The van der Waals surface area contributed by atoms with Crippen molar-refractivity contribution < 1.29 is 41.4 Å². The Labute approximate surface area is 296 Å². The highest BCUT2D eigenvalue weighted by molar-refractivity contribution is 8.00. The van der Waals surface area contributed by atoms with E-state index in [0.29, 0.717) is 28.6 Å². The molecule has 2 aliphatic carbocycles. The third-order valence-corrected chi connectivity index (χ3v) is 12.9. The molecule has 9 nitrogen and oxygen atoms in total. The lowest BCUT2D eigenvalue weighted by molar-refractivity contribution is -0.137. The Morgan fingerprint density at radius 3 is 2.41 bits per heavy atom. The maximum Gasteiger partial charge on any atom is 0.418 e. The minimum Gasteiger partial charge on any atom is -0.490 e. The van der Waals surface area contributed by atoms with Crippen LogP contribution in [0.4, 0.5) is 28.9 Å². The number of benzene rings is 3. The summed E-state index contributed by atoms with van der Waals surface area (Å²) in [6.45, 7) is 1.71. The zero-order valence-electron chi connectivity index (χ0n) is 26.7. The Balaban J connectivity index is 1.11. The van der Waals surface area contributed by atoms with Crippen LogP contribution in [0.25, 0.3) is 0 Å². The number of thioether (sulfide) groups is 1. The fourth-order valence-electron chi connectivity index (χ4n) is 8.52. The van der Waals surface area contributed by atoms with Crippen LogP contribution in [-0.4, -0.2) is 41.2 Å². The van der Waals surface area contributed by atoms with E-state index in [9.17, 15) is 36.7 Å². The van der Waals surface area contributed by atoms with E-state index in [1.807, 2.05) is 6.07 Å². The zero-order chi connectivity index (χ0) is 35.8. The van der Waals surface area contributed by atoms with Gasteiger partial charge in [-0.2, -0.15) is 13.2 Å². The van der Waals surface area contributed by atoms with Crippen molar-refractivity contribution in [2.45, 2.75) is 35.7 Å². The van der Waals surface area contributed by atoms with E-state index in [0.717, 1.165) is 32.7 Å². The number of carbonyl (C=O) groups is 3. The molecule has 7 atom stereocenters. The molecule has 4 unspecified atom stereocenters. The van der Waals surface area contributed by atoms with Crippen molar-refractivity contribution in [1.29, 1.82) is 0 Å². The van der Waals surface area contributed by atoms with Crippen LogP contribution < -0.4 is 24.6 Å². The molecular weight excluding hydrogens is 711 g/mol. The lowest BCUT2D eigenvalue weighted by atomic mass is 9.68. The lowest BCUT2D eigenvalue weighted by Crippen LogP contribution is -2.42. The maximum absolute atomic E-state index is 14.1. The van der Waals surface area contributed by atoms with E-state index in [-0.39, 0.29) is 47.0 Å². The number of thiazole rings is 1. The van der Waals surface area contributed by atoms with Gasteiger partial charge in [0, 0.05) is 21.7 Å². The highest BCUT2D eigenvalue weighted by Gasteiger charge is 2.70. The molecule has 8 rings (SSSR count). The van der Waals surface area contributed by atoms with Crippen molar-refractivity contribution >= 4 is 52.2 Å². The quantitative estimate of drug-likeness (QED) is 0.153. The number of rotatable bonds is 8. The summed E-state index contributed by atoms with van der Waals surface area (Å²) < 4.78 is 67.1. The van der Waals surface area contributed by atoms with Gasteiger partial charge in [-0.25, -0.2) is 9.29 Å². The number of halogens is 4. The maximum atomic E-state index is 14.1. The summed E-state index contributed by atoms with van der Waals surface area (Å²) >= 11 is 2.54. The molecule has 51 heavy (non-hydrogen) atoms. The van der Waals surface area contributed by atoms with Gasteiger partial charge < -0.3 is 19.8 Å². The average Bonchev–Trinajstić information content (AvgIpc) is 3.83. The fraction of sp³-hybridized carbons (Fsp3) is 0.333. The SMILES string of the molecule is CCOc1cc([C@H]2c3sc(=O)[nH]c3SC3C2[C@H]2C[C@@H]3C3C(=O)N(c4ccccc4C(F)(F)F)C(=O)C32)ccc1OCC(=O)Nc1ccc(F)cc1. The number of para-hydroxylation sites is 1. The second-order valence-corrected chi connectivity index (χ2v) is 15.2. The number of ether oxygens (including phenoxy) is 2. The standard InChI is InChI=1S/C36H29F4N3O6S2/c1-2-48-24-13-16(7-12-23(24)49-15-25(44)41-18-10-8-17(37)9-11-18)26-27-19-14-20(30(27)50-32-31(26)51-35(47)42-32)29-28(19)33(45)43(34(29)46)22-6-4-3-5-21(22)36(38,39)40/h3-13,19-20,26-30H,2,14-15H2,1H3,(H,41,44)(H,42,47)/t19-,20-,26-,27?,28?,29?,30?/m1/s1. The Morgan fingerprint density at radius 1 is 0.961 bits per heavy atom. The number of aromatic nitrogens is 1. The molecule has 2 bridgehead atoms. The van der Waals surface area contributed by atoms with Crippen molar-refractivity contribution in [1.82, 2.24) is 4.98 Å². The van der Waals surface area contributed by atoms with E-state index < -0.39 is 52.8 Å². The molecule has 3 fully saturated rings. The van der Waals surface area contributed by atoms with E-state index in [1.165, 1.54) is 54.2 Å². The molecule has 15 heteroatoms. The molecule has 4 aromatic rings. The molecule has 2 saturated carbocycles. The zero-order valence-corrected chi connectivity index (χ0v) is 28.4. The second kappa shape index (κ2) is 12.5. The molecule has 3 amide bonds. The largest absolute Gasteiger partial charge is 0.490 e. The highest BCUT2D eigenvalue weighted by atomic mass is 32.2. The summed E-state index contributed by atoms with van der Waals surface area (Å²) in [4.78, 5) is 57.5. The van der Waals surface area contributed by atoms with E-state index in [1.54, 1.807) is 19.1 Å². The third kappa shape index (κ3) is 5.61. The molecular formula is C36H29F4N3O6S2. The molecule has 0 radical (unpaired) electrons. The number of H-pyrrole nitrogens is 1. The summed E-state index contributed by atoms with van der Waals surface area (Å²) in [6, 6.07) is 15.2. The van der Waals surface area contributed by atoms with Gasteiger partial charge in [0.05, 0.1) is 34.7 Å². The molecule has 4 aliphatic rings. The first-order valence-electron chi connectivity index (χ1n) is 16.3. The van der Waals surface area contributed by atoms with Crippen LogP contribution in [0.15, 0.2) is 76.6 Å². The van der Waals surface area contributed by atoms with Crippen molar-refractivity contribution in [3.8, 4) is 11.5 Å². The minimum absolute atomic E-state index is 0.185. The smallest absolute Gasteiger partial charge is 0.418 e. The Kier molecular flexibility index (Phi) is 8.24. The number of amides is 3. The number of anilines is 2. The molecule has 2 aliphatic heterocycles. The van der Waals surface area contributed by atoms with Gasteiger partial charge in [-0.1, -0.05) is 29.5 Å². The van der Waals surface area contributed by atoms with Gasteiger partial charge in [-0.05, 0) is 85.2 Å². The van der Waals surface area contributed by atoms with E-state index in [2.05, 4.69) is 10.3 Å². The first kappa shape index (κ1) is 33.5. The normalized spacial score (nSPS) is 26.1. The van der Waals surface area contributed by atoms with Gasteiger partial charge in [0.25, 0.3) is 5.91 Å². The van der Waals surface area contributed by atoms with Gasteiger partial charge in [-0.15, -0.1) is 11.8 Å². The second-order valence-electron chi connectivity index (χ2n) is 13.0. The van der Waals surface area contributed by atoms with Crippen molar-refractivity contribution in [3.05, 3.63) is 98.2 Å². The summed E-state index contributed by atoms with van der Waals surface area (Å²) in [7, 11) is 0. The van der Waals surface area contributed by atoms with Crippen LogP contribution in [0.2, 0.25) is 0 Å². The van der Waals surface area contributed by atoms with Crippen LogP contribution in [0.3, 0.4) is 0 Å². The molecule has 3 aromatic carbocycles. The molecule has 1 aromatic heterocycles. The average molecular weight is 740 g/mol. The molecule has 1 saturated heterocycles. The van der Waals surface area contributed by atoms with Crippen LogP contribution in [-0.2, 0) is 20.6 Å². The summed E-state index contributed by atoms with van der Waals surface area (Å²) in [5.41, 5.74) is -0.317. The van der Waals surface area contributed by atoms with Crippen LogP contribution >= 0.6 is 23.1 Å². The van der Waals surface area contributed by atoms with Crippen molar-refractivity contribution in [3.63, 3.8) is 0 Å². The predicted octanol–water partition coefficient (Wildman–Crippen LogP) is 6.69. The Bertz CT molecular complexity index is 2120. The van der Waals surface area contributed by atoms with Crippen molar-refractivity contribution in [2.75, 3.05) is 23.4 Å². The topological polar surface area (TPSA) is 118 Å². The van der Waals surface area contributed by atoms with Crippen LogP contribution in [0, 0.1) is 35.4 Å². The van der Waals surface area contributed by atoms with Gasteiger partial charge in [0.2, 0.25) is 11.8 Å². The first-order chi connectivity index (χ1) is 24.4. The first-order valence-corrected chi connectivity index (χ1v) is 18.0. The number of imide groups is 1. The molecule has 2 N–H and O–H groups in total. The monoisotopic (exact) mass is 739 g/mol. The van der Waals surface area contributed by atoms with Gasteiger partial charge in [-0.3, -0.25) is 19.2 Å². The number of fused-ring (bicyclic) bond motifs is 9. The molecule has 264 valence electrons. The van der Waals surface area contributed by atoms with Crippen LogP contribution in [0.5, 0.6) is 11.5 Å². The lowest BCUT2D eigenvalue weighted by Gasteiger charge is -2.43. The van der Waals surface area contributed by atoms with E-state index in [4.69, 9.17) is 9.47 Å². The number of carbonyl (C=O) groups excluding carboxylic acids is 3. The third-order valence-electron chi connectivity index (χ3n) is 10.3. The van der Waals surface area contributed by atoms with Gasteiger partial charge >= 0.3 is 11.0 Å². The minimum atomic E-state index is -4.76. The highest BCUT2D eigenvalue weighted by Crippen LogP contribution is 2.69. The number of nitrogens with zero attached hydrogens (tertiary/aromatic N) is 1. The van der Waals surface area contributed by atoms with Gasteiger partial charge in [0.1, 0.15) is 5.82 Å². The number of aromatic amines is 1. The number of hydrogen-bond acceptors (Lipinski definition) is 8. The number of hydrogen-bond donors (Lipinski definition) is 2. The fourth-order valence-corrected chi connectivity index (χ4v) is 11.4. The molecule has 0 spiro atoms. The van der Waals surface area contributed by atoms with Crippen molar-refractivity contribution in [2.24, 2.45) is 29.6 Å².